The van der Waals surface area contributed by atoms with E-state index in [1.54, 1.807) is 10.8 Å². The van der Waals surface area contributed by atoms with Crippen LogP contribution in [0, 0.1) is 0 Å². The smallest absolute Gasteiger partial charge is 0.232 e. The molecular weight excluding hydrogens is 294 g/mol. The summed E-state index contributed by atoms with van der Waals surface area (Å²) in [6, 6.07) is 17.6. The molecule has 1 aliphatic heterocycles. The number of para-hydroxylation sites is 1. The lowest BCUT2D eigenvalue weighted by molar-refractivity contribution is 0.0907. The molecule has 2 atom stereocenters. The number of hydrogen-bond acceptors (Lipinski definition) is 2. The predicted octanol–water partition coefficient (Wildman–Crippen LogP) is 3.68. The minimum atomic E-state index is -1.01. The number of hydrogen-bond donors (Lipinski definition) is 0. The molecule has 0 aliphatic carbocycles. The third-order valence-electron chi connectivity index (χ3n) is 4.25. The summed E-state index contributed by atoms with van der Waals surface area (Å²) < 4.78 is 14.0. The molecule has 0 amide bonds. The van der Waals surface area contributed by atoms with Crippen LogP contribution >= 0.6 is 0 Å². The van der Waals surface area contributed by atoms with Gasteiger partial charge in [0.05, 0.1) is 10.8 Å². The maximum absolute atomic E-state index is 12.7. The molecule has 0 bridgehead atoms. The van der Waals surface area contributed by atoms with E-state index in [1.165, 1.54) is 0 Å². The molecule has 4 heteroatoms. The molecule has 0 spiro atoms. The van der Waals surface area contributed by atoms with Gasteiger partial charge in [-0.1, -0.05) is 42.5 Å². The van der Waals surface area contributed by atoms with Crippen molar-refractivity contribution in [3.8, 4) is 0 Å². The molecular formula is C18H15NO2S. The summed E-state index contributed by atoms with van der Waals surface area (Å²) in [6.07, 6.45) is 2.08. The largest absolute Gasteiger partial charge is 0.287 e. The first-order valence-electron chi connectivity index (χ1n) is 7.28. The second kappa shape index (κ2) is 5.21. The summed E-state index contributed by atoms with van der Waals surface area (Å²) in [5, 5.41) is 0.855. The lowest BCUT2D eigenvalue weighted by Crippen LogP contribution is -2.14. The number of fused-ring (bicyclic) bond motifs is 2. The lowest BCUT2D eigenvalue weighted by atomic mass is 10.0. The van der Waals surface area contributed by atoms with E-state index in [-0.39, 0.29) is 17.6 Å². The molecule has 110 valence electrons. The molecule has 0 saturated heterocycles. The minimum Gasteiger partial charge on any atom is -0.287 e. The fraction of sp³-hybridized carbons (Fsp3) is 0.167. The lowest BCUT2D eigenvalue weighted by Gasteiger charge is -2.11. The van der Waals surface area contributed by atoms with Crippen molar-refractivity contribution < 1.29 is 9.00 Å². The minimum absolute atomic E-state index is 0.00347. The average Bonchev–Trinajstić information content (AvgIpc) is 3.09. The van der Waals surface area contributed by atoms with Crippen LogP contribution in [0.3, 0.4) is 0 Å². The molecule has 0 radical (unpaired) electrons. The molecule has 2 heterocycles. The topological polar surface area (TPSA) is 39.1 Å². The van der Waals surface area contributed by atoms with Crippen molar-refractivity contribution in [2.24, 2.45) is 0 Å². The van der Waals surface area contributed by atoms with Crippen molar-refractivity contribution in [2.75, 3.05) is 0 Å². The van der Waals surface area contributed by atoms with Crippen LogP contribution in [0.25, 0.3) is 10.9 Å². The van der Waals surface area contributed by atoms with Crippen molar-refractivity contribution in [1.82, 2.24) is 4.57 Å². The molecule has 2 aromatic carbocycles. The quantitative estimate of drug-likeness (QED) is 0.724. The van der Waals surface area contributed by atoms with Crippen LogP contribution in [0.5, 0.6) is 0 Å². The first kappa shape index (κ1) is 13.5. The normalized spacial score (nSPS) is 20.2. The van der Waals surface area contributed by atoms with Gasteiger partial charge in [0.1, 0.15) is 0 Å². The summed E-state index contributed by atoms with van der Waals surface area (Å²) in [4.78, 5) is 12.7. The van der Waals surface area contributed by atoms with E-state index in [2.05, 4.69) is 0 Å². The summed E-state index contributed by atoms with van der Waals surface area (Å²) >= 11 is 0. The highest BCUT2D eigenvalue weighted by atomic mass is 32.2. The number of carbonyl (C=O) groups excluding carboxylic acids is 1. The average molecular weight is 309 g/mol. The molecule has 0 N–H and O–H groups in total. The Balaban J connectivity index is 1.67. The summed E-state index contributed by atoms with van der Waals surface area (Å²) in [5.74, 6) is 0.553. The highest BCUT2D eigenvalue weighted by molar-refractivity contribution is 7.84. The molecule has 0 fully saturated rings. The van der Waals surface area contributed by atoms with Gasteiger partial charge in [0.15, 0.2) is 0 Å². The second-order valence-corrected chi connectivity index (χ2v) is 7.17. The Labute approximate surface area is 131 Å². The van der Waals surface area contributed by atoms with Crippen molar-refractivity contribution >= 4 is 27.6 Å². The van der Waals surface area contributed by atoms with Crippen LogP contribution in [0.2, 0.25) is 0 Å². The summed E-state index contributed by atoms with van der Waals surface area (Å²) in [6.45, 7) is 0. The maximum atomic E-state index is 12.7. The van der Waals surface area contributed by atoms with Gasteiger partial charge in [-0.05, 0) is 23.3 Å². The van der Waals surface area contributed by atoms with Gasteiger partial charge >= 0.3 is 0 Å². The Morgan fingerprint density at radius 1 is 1.09 bits per heavy atom. The zero-order chi connectivity index (χ0) is 15.1. The monoisotopic (exact) mass is 309 g/mol. The Hall–Kier alpha value is -2.20. The highest BCUT2D eigenvalue weighted by Crippen LogP contribution is 2.36. The van der Waals surface area contributed by atoms with Crippen LogP contribution in [0.4, 0.5) is 0 Å². The van der Waals surface area contributed by atoms with Crippen LogP contribution in [0.1, 0.15) is 27.6 Å². The van der Waals surface area contributed by atoms with Crippen LogP contribution in [-0.2, 0) is 16.6 Å². The third kappa shape index (κ3) is 2.11. The van der Waals surface area contributed by atoms with Crippen LogP contribution in [-0.4, -0.2) is 14.7 Å². The Morgan fingerprint density at radius 3 is 2.77 bits per heavy atom. The van der Waals surface area contributed by atoms with Gasteiger partial charge in [-0.15, -0.1) is 0 Å². The highest BCUT2D eigenvalue weighted by Gasteiger charge is 2.31. The van der Waals surface area contributed by atoms with Crippen LogP contribution < -0.4 is 0 Å². The zero-order valence-corrected chi connectivity index (χ0v) is 12.8. The maximum Gasteiger partial charge on any atom is 0.232 e. The van der Waals surface area contributed by atoms with Crippen molar-refractivity contribution in [1.29, 1.82) is 0 Å². The molecule has 2 unspecified atom stereocenters. The van der Waals surface area contributed by atoms with E-state index < -0.39 is 10.8 Å². The Morgan fingerprint density at radius 2 is 1.86 bits per heavy atom. The SMILES string of the molecule is O=C(CC1c2ccccc2CS1=O)n1ccc2ccccc21. The van der Waals surface area contributed by atoms with E-state index in [0.717, 1.165) is 22.0 Å². The van der Waals surface area contributed by atoms with Gasteiger partial charge in [-0.3, -0.25) is 13.6 Å². The molecule has 3 aromatic rings. The van der Waals surface area contributed by atoms with Crippen molar-refractivity contribution in [3.63, 3.8) is 0 Å². The van der Waals surface area contributed by atoms with Gasteiger partial charge < -0.3 is 0 Å². The standard InChI is InChI=1S/C18H15NO2S/c20-18(19-10-9-13-5-2-4-8-16(13)19)11-17-15-7-3-1-6-14(15)12-22(17)21/h1-10,17H,11-12H2. The predicted molar refractivity (Wildman–Crippen MR) is 88.2 cm³/mol. The van der Waals surface area contributed by atoms with Crippen LogP contribution in [0.15, 0.2) is 60.8 Å². The number of carbonyl (C=O) groups is 1. The van der Waals surface area contributed by atoms with E-state index in [1.807, 2.05) is 54.6 Å². The fourth-order valence-electron chi connectivity index (χ4n) is 3.14. The first-order chi connectivity index (χ1) is 10.7. The number of benzene rings is 2. The van der Waals surface area contributed by atoms with Gasteiger partial charge in [0.2, 0.25) is 5.91 Å². The molecule has 3 nitrogen and oxygen atoms in total. The van der Waals surface area contributed by atoms with Gasteiger partial charge in [-0.2, -0.15) is 0 Å². The van der Waals surface area contributed by atoms with E-state index in [9.17, 15) is 9.00 Å². The van der Waals surface area contributed by atoms with Gasteiger partial charge in [0, 0.05) is 34.6 Å². The number of nitrogens with zero attached hydrogens (tertiary/aromatic N) is 1. The molecule has 1 aromatic heterocycles. The van der Waals surface area contributed by atoms with E-state index in [0.29, 0.717) is 5.75 Å². The molecule has 22 heavy (non-hydrogen) atoms. The molecule has 0 saturated carbocycles. The summed E-state index contributed by atoms with van der Waals surface area (Å²) in [5.41, 5.74) is 3.08. The number of aromatic nitrogens is 1. The zero-order valence-electron chi connectivity index (χ0n) is 11.9. The Kier molecular flexibility index (Phi) is 3.19. The van der Waals surface area contributed by atoms with Crippen molar-refractivity contribution in [3.05, 3.63) is 71.9 Å². The van der Waals surface area contributed by atoms with E-state index >= 15 is 0 Å². The second-order valence-electron chi connectivity index (χ2n) is 5.55. The van der Waals surface area contributed by atoms with Crippen molar-refractivity contribution in [2.45, 2.75) is 17.4 Å². The fourth-order valence-corrected chi connectivity index (χ4v) is 4.75. The van der Waals surface area contributed by atoms with Gasteiger partial charge in [0.25, 0.3) is 0 Å². The molecule has 4 rings (SSSR count). The first-order valence-corrected chi connectivity index (χ1v) is 8.66. The van der Waals surface area contributed by atoms with Gasteiger partial charge in [-0.25, -0.2) is 0 Å². The number of rotatable bonds is 2. The third-order valence-corrected chi connectivity index (χ3v) is 5.90. The summed E-state index contributed by atoms with van der Waals surface area (Å²) in [7, 11) is -1.01. The van der Waals surface area contributed by atoms with E-state index in [4.69, 9.17) is 0 Å². The molecule has 1 aliphatic rings. The Bertz CT molecular complexity index is 897.